The average Bonchev–Trinajstić information content (AvgIpc) is 2.49. The number of benzene rings is 2. The van der Waals surface area contributed by atoms with Crippen molar-refractivity contribution in [3.05, 3.63) is 58.1 Å². The van der Waals surface area contributed by atoms with E-state index in [-0.39, 0.29) is 20.5 Å². The third-order valence-corrected chi connectivity index (χ3v) is 5.55. The summed E-state index contributed by atoms with van der Waals surface area (Å²) in [4.78, 5) is 10.8. The van der Waals surface area contributed by atoms with Crippen LogP contribution in [0.2, 0.25) is 10.0 Å². The lowest BCUT2D eigenvalue weighted by molar-refractivity contribution is 0.0697. The molecular weight excluding hydrogens is 349 g/mol. The van der Waals surface area contributed by atoms with E-state index in [1.807, 2.05) is 0 Å². The van der Waals surface area contributed by atoms with Gasteiger partial charge in [0.25, 0.3) is 10.0 Å². The van der Waals surface area contributed by atoms with Crippen molar-refractivity contribution in [1.29, 1.82) is 0 Å². The van der Waals surface area contributed by atoms with Gasteiger partial charge in [0, 0.05) is 7.05 Å². The van der Waals surface area contributed by atoms with Gasteiger partial charge in [-0.1, -0.05) is 23.2 Å². The maximum Gasteiger partial charge on any atom is 0.335 e. The highest BCUT2D eigenvalue weighted by molar-refractivity contribution is 7.92. The third-order valence-electron chi connectivity index (χ3n) is 3.03. The molecule has 2 aromatic carbocycles. The molecule has 116 valence electrons. The second-order valence-corrected chi connectivity index (χ2v) is 7.18. The first-order chi connectivity index (χ1) is 10.2. The van der Waals surface area contributed by atoms with Crippen molar-refractivity contribution in [3.8, 4) is 0 Å². The van der Waals surface area contributed by atoms with Crippen molar-refractivity contribution in [2.75, 3.05) is 11.4 Å². The van der Waals surface area contributed by atoms with E-state index in [4.69, 9.17) is 28.3 Å². The molecule has 1 N–H and O–H groups in total. The summed E-state index contributed by atoms with van der Waals surface area (Å²) in [5, 5.41) is 9.24. The van der Waals surface area contributed by atoms with E-state index in [9.17, 15) is 13.2 Å². The van der Waals surface area contributed by atoms with Gasteiger partial charge in [0.2, 0.25) is 0 Å². The Bertz CT molecular complexity index is 819. The molecule has 0 saturated carbocycles. The summed E-state index contributed by atoms with van der Waals surface area (Å²) in [6.07, 6.45) is 0. The van der Waals surface area contributed by atoms with Crippen LogP contribution in [-0.2, 0) is 10.0 Å². The first kappa shape index (κ1) is 16.6. The summed E-state index contributed by atoms with van der Waals surface area (Å²) >= 11 is 11.6. The summed E-state index contributed by atoms with van der Waals surface area (Å²) in [5.41, 5.74) is 0.403. The first-order valence-electron chi connectivity index (χ1n) is 6.01. The zero-order chi connectivity index (χ0) is 16.5. The van der Waals surface area contributed by atoms with Crippen molar-refractivity contribution >= 4 is 44.9 Å². The normalized spacial score (nSPS) is 11.2. The lowest BCUT2D eigenvalue weighted by atomic mass is 10.2. The number of carbonyl (C=O) groups is 1. The topological polar surface area (TPSA) is 74.7 Å². The van der Waals surface area contributed by atoms with Crippen LogP contribution < -0.4 is 4.31 Å². The van der Waals surface area contributed by atoms with Crippen LogP contribution in [0.1, 0.15) is 10.4 Å². The van der Waals surface area contributed by atoms with Crippen LogP contribution in [0.25, 0.3) is 0 Å². The number of hydrogen-bond acceptors (Lipinski definition) is 3. The molecule has 0 spiro atoms. The smallest absolute Gasteiger partial charge is 0.335 e. The highest BCUT2D eigenvalue weighted by Crippen LogP contribution is 2.28. The molecule has 0 saturated heterocycles. The highest BCUT2D eigenvalue weighted by atomic mass is 35.5. The fourth-order valence-electron chi connectivity index (χ4n) is 1.75. The van der Waals surface area contributed by atoms with E-state index in [1.165, 1.54) is 49.5 Å². The minimum absolute atomic E-state index is 0.00767. The number of nitrogens with zero attached hydrogens (tertiary/aromatic N) is 1. The van der Waals surface area contributed by atoms with Gasteiger partial charge in [0.05, 0.1) is 26.2 Å². The molecular formula is C14H11Cl2NO4S. The predicted molar refractivity (Wildman–Crippen MR) is 85.5 cm³/mol. The molecule has 0 heterocycles. The predicted octanol–water partition coefficient (Wildman–Crippen LogP) is 3.52. The van der Waals surface area contributed by atoms with Crippen molar-refractivity contribution in [2.24, 2.45) is 0 Å². The molecule has 2 aromatic rings. The van der Waals surface area contributed by atoms with Gasteiger partial charge in [-0.05, 0) is 42.5 Å². The molecule has 5 nitrogen and oxygen atoms in total. The van der Waals surface area contributed by atoms with Gasteiger partial charge in [0.15, 0.2) is 0 Å². The van der Waals surface area contributed by atoms with Crippen LogP contribution in [0.4, 0.5) is 5.69 Å². The molecule has 0 fully saturated rings. The van der Waals surface area contributed by atoms with Gasteiger partial charge < -0.3 is 5.11 Å². The number of rotatable bonds is 4. The lowest BCUT2D eigenvalue weighted by Gasteiger charge is -2.20. The van der Waals surface area contributed by atoms with Gasteiger partial charge in [-0.2, -0.15) is 0 Å². The Labute approximate surface area is 137 Å². The van der Waals surface area contributed by atoms with E-state index in [2.05, 4.69) is 0 Å². The van der Waals surface area contributed by atoms with E-state index in [0.29, 0.717) is 5.69 Å². The van der Waals surface area contributed by atoms with E-state index < -0.39 is 16.0 Å². The van der Waals surface area contributed by atoms with Crippen molar-refractivity contribution in [3.63, 3.8) is 0 Å². The lowest BCUT2D eigenvalue weighted by Crippen LogP contribution is -2.26. The molecule has 0 aromatic heterocycles. The molecule has 0 bridgehead atoms. The standard InChI is InChI=1S/C14H11Cl2NO4S/c1-17(10-4-2-9(3-5-10)14(18)19)22(20,21)11-6-7-12(15)13(16)8-11/h2-8H,1H3,(H,18,19). The summed E-state index contributed by atoms with van der Waals surface area (Å²) in [7, 11) is -2.45. The number of hydrogen-bond donors (Lipinski definition) is 1. The van der Waals surface area contributed by atoms with Crippen LogP contribution >= 0.6 is 23.2 Å². The van der Waals surface area contributed by atoms with Crippen molar-refractivity contribution in [1.82, 2.24) is 0 Å². The number of carboxylic acid groups (broad SMARTS) is 1. The van der Waals surface area contributed by atoms with Gasteiger partial charge in [-0.15, -0.1) is 0 Å². The molecule has 8 heteroatoms. The minimum atomic E-state index is -3.82. The molecule has 22 heavy (non-hydrogen) atoms. The van der Waals surface area contributed by atoms with Gasteiger partial charge in [-0.25, -0.2) is 13.2 Å². The van der Waals surface area contributed by atoms with Crippen LogP contribution in [-0.4, -0.2) is 26.5 Å². The zero-order valence-electron chi connectivity index (χ0n) is 11.3. The molecule has 0 radical (unpaired) electrons. The summed E-state index contributed by atoms with van der Waals surface area (Å²) in [5.74, 6) is -1.08. The Morgan fingerprint density at radius 3 is 2.14 bits per heavy atom. The quantitative estimate of drug-likeness (QED) is 0.905. The van der Waals surface area contributed by atoms with Crippen LogP contribution in [0.5, 0.6) is 0 Å². The Balaban J connectivity index is 2.39. The molecule has 0 aliphatic rings. The van der Waals surface area contributed by atoms with Crippen molar-refractivity contribution in [2.45, 2.75) is 4.90 Å². The second-order valence-electron chi connectivity index (χ2n) is 4.40. The number of halogens is 2. The summed E-state index contributed by atoms with van der Waals surface area (Å²) in [6, 6.07) is 9.51. The maximum absolute atomic E-state index is 12.5. The number of sulfonamides is 1. The van der Waals surface area contributed by atoms with Gasteiger partial charge >= 0.3 is 5.97 Å². The summed E-state index contributed by atoms with van der Waals surface area (Å²) < 4.78 is 26.1. The molecule has 0 amide bonds. The minimum Gasteiger partial charge on any atom is -0.478 e. The monoisotopic (exact) mass is 359 g/mol. The van der Waals surface area contributed by atoms with Crippen molar-refractivity contribution < 1.29 is 18.3 Å². The molecule has 0 aliphatic carbocycles. The molecule has 0 aliphatic heterocycles. The van der Waals surface area contributed by atoms with Crippen LogP contribution in [0, 0.1) is 0 Å². The largest absolute Gasteiger partial charge is 0.478 e. The van der Waals surface area contributed by atoms with Gasteiger partial charge in [0.1, 0.15) is 0 Å². The number of carboxylic acids is 1. The van der Waals surface area contributed by atoms with E-state index in [0.717, 1.165) is 4.31 Å². The maximum atomic E-state index is 12.5. The van der Waals surface area contributed by atoms with Crippen LogP contribution in [0.3, 0.4) is 0 Å². The molecule has 0 unspecified atom stereocenters. The number of aromatic carboxylic acids is 1. The Kier molecular flexibility index (Phi) is 4.65. The third kappa shape index (κ3) is 3.19. The Hall–Kier alpha value is -1.76. The fraction of sp³-hybridized carbons (Fsp3) is 0.0714. The molecule has 2 rings (SSSR count). The number of anilines is 1. The second kappa shape index (κ2) is 6.16. The Morgan fingerprint density at radius 2 is 1.64 bits per heavy atom. The van der Waals surface area contributed by atoms with E-state index >= 15 is 0 Å². The van der Waals surface area contributed by atoms with Gasteiger partial charge in [-0.3, -0.25) is 4.31 Å². The highest BCUT2D eigenvalue weighted by Gasteiger charge is 2.22. The Morgan fingerprint density at radius 1 is 1.05 bits per heavy atom. The summed E-state index contributed by atoms with van der Waals surface area (Å²) in [6.45, 7) is 0. The fourth-order valence-corrected chi connectivity index (χ4v) is 3.33. The SMILES string of the molecule is CN(c1ccc(C(=O)O)cc1)S(=O)(=O)c1ccc(Cl)c(Cl)c1. The van der Waals surface area contributed by atoms with Crippen LogP contribution in [0.15, 0.2) is 47.4 Å². The zero-order valence-corrected chi connectivity index (χ0v) is 13.7. The van der Waals surface area contributed by atoms with E-state index in [1.54, 1.807) is 0 Å². The average molecular weight is 360 g/mol. The first-order valence-corrected chi connectivity index (χ1v) is 8.20. The molecule has 0 atom stereocenters.